The average molecular weight is 378 g/mol. The van der Waals surface area contributed by atoms with Gasteiger partial charge < -0.3 is 21.1 Å². The lowest BCUT2D eigenvalue weighted by molar-refractivity contribution is -0.113. The minimum absolute atomic E-state index is 0.0960. The largest absolute Gasteiger partial charge is 0.491 e. The van der Waals surface area contributed by atoms with Crippen molar-refractivity contribution >= 4 is 35.1 Å². The predicted octanol–water partition coefficient (Wildman–Crippen LogP) is 2.40. The molecule has 0 bridgehead atoms. The van der Waals surface area contributed by atoms with E-state index in [2.05, 4.69) is 18.7 Å². The Balaban J connectivity index is 2.48. The number of hydrogen-bond donors (Lipinski definition) is 2. The van der Waals surface area contributed by atoms with Crippen molar-refractivity contribution in [1.82, 2.24) is 0 Å². The summed E-state index contributed by atoms with van der Waals surface area (Å²) in [6, 6.07) is 5.79. The quantitative estimate of drug-likeness (QED) is 0.533. The summed E-state index contributed by atoms with van der Waals surface area (Å²) in [6.45, 7) is 6.35. The molecular formula is C19H27N3O3S. The molecule has 0 unspecified atom stereocenters. The van der Waals surface area contributed by atoms with Crippen LogP contribution >= 0.6 is 11.8 Å². The minimum atomic E-state index is -0.628. The van der Waals surface area contributed by atoms with Crippen LogP contribution in [0.2, 0.25) is 0 Å². The maximum absolute atomic E-state index is 11.6. The number of amides is 1. The molecule has 26 heavy (non-hydrogen) atoms. The number of thioether (sulfide) groups is 1. The molecule has 2 rings (SSSR count). The van der Waals surface area contributed by atoms with Crippen molar-refractivity contribution < 1.29 is 14.3 Å². The number of carbonyl (C=O) groups excluding carboxylic acids is 2. The van der Waals surface area contributed by atoms with Crippen LogP contribution in [0.1, 0.15) is 32.3 Å². The van der Waals surface area contributed by atoms with Crippen molar-refractivity contribution in [2.75, 3.05) is 24.6 Å². The van der Waals surface area contributed by atoms with Crippen LogP contribution in [0.25, 0.3) is 6.08 Å². The van der Waals surface area contributed by atoms with Crippen molar-refractivity contribution in [3.63, 3.8) is 0 Å². The highest BCUT2D eigenvalue weighted by molar-refractivity contribution is 8.16. The molecule has 4 N–H and O–H groups in total. The van der Waals surface area contributed by atoms with E-state index in [4.69, 9.17) is 16.2 Å². The van der Waals surface area contributed by atoms with Gasteiger partial charge in [0.25, 0.3) is 5.91 Å². The first-order chi connectivity index (χ1) is 12.4. The highest BCUT2D eigenvalue weighted by Gasteiger charge is 2.23. The summed E-state index contributed by atoms with van der Waals surface area (Å²) in [5.41, 5.74) is 13.9. The summed E-state index contributed by atoms with van der Waals surface area (Å²) in [5.74, 6) is 0.510. The van der Waals surface area contributed by atoms with E-state index >= 15 is 0 Å². The summed E-state index contributed by atoms with van der Waals surface area (Å²) >= 11 is 0.781. The third-order valence-electron chi connectivity index (χ3n) is 4.08. The number of para-hydroxylation sites is 1. The van der Waals surface area contributed by atoms with Gasteiger partial charge in [-0.25, -0.2) is 0 Å². The minimum Gasteiger partial charge on any atom is -0.491 e. The second kappa shape index (κ2) is 9.64. The zero-order valence-corrected chi connectivity index (χ0v) is 16.1. The van der Waals surface area contributed by atoms with Crippen LogP contribution in [0.15, 0.2) is 23.1 Å². The molecule has 0 aliphatic carbocycles. The standard InChI is InChI=1S/C19H27N3O3S/c1-13(2)11-25-16-7-3-5-14(9-17(19(21)24)26-12-23)18(16)22-8-4-6-15(20)10-22/h3,5,7,9,12-13,15H,4,6,8,10-11,20H2,1-2H3,(H2,21,24)/b17-9-/t15-/m1/s1. The zero-order chi connectivity index (χ0) is 19.1. The molecule has 1 aliphatic heterocycles. The maximum atomic E-state index is 11.6. The number of rotatable bonds is 8. The number of hydrogen-bond acceptors (Lipinski definition) is 6. The fourth-order valence-corrected chi connectivity index (χ4v) is 3.35. The third kappa shape index (κ3) is 5.51. The van der Waals surface area contributed by atoms with E-state index in [-0.39, 0.29) is 10.9 Å². The predicted molar refractivity (Wildman–Crippen MR) is 108 cm³/mol. The van der Waals surface area contributed by atoms with E-state index in [0.29, 0.717) is 18.1 Å². The molecule has 1 amide bonds. The van der Waals surface area contributed by atoms with E-state index in [0.717, 1.165) is 54.7 Å². The Hall–Kier alpha value is -1.99. The SMILES string of the molecule is CC(C)COc1cccc(/C=C(\SC=O)C(N)=O)c1N1CCC[C@@H](N)C1. The molecule has 0 radical (unpaired) electrons. The van der Waals surface area contributed by atoms with E-state index in [1.165, 1.54) is 0 Å². The number of piperidine rings is 1. The van der Waals surface area contributed by atoms with Crippen molar-refractivity contribution in [3.05, 3.63) is 28.7 Å². The number of nitrogens with two attached hydrogens (primary N) is 2. The number of benzene rings is 1. The van der Waals surface area contributed by atoms with Crippen LogP contribution < -0.4 is 21.1 Å². The monoisotopic (exact) mass is 377 g/mol. The Morgan fingerprint density at radius 1 is 1.46 bits per heavy atom. The molecule has 7 heteroatoms. The van der Waals surface area contributed by atoms with Gasteiger partial charge in [0.15, 0.2) is 5.62 Å². The molecule has 1 aromatic rings. The van der Waals surface area contributed by atoms with Crippen LogP contribution in [-0.4, -0.2) is 37.3 Å². The molecule has 142 valence electrons. The second-order valence-electron chi connectivity index (χ2n) is 6.83. The highest BCUT2D eigenvalue weighted by atomic mass is 32.2. The molecule has 1 heterocycles. The molecule has 1 fully saturated rings. The first-order valence-electron chi connectivity index (χ1n) is 8.80. The molecule has 0 spiro atoms. The van der Waals surface area contributed by atoms with Crippen LogP contribution in [0.5, 0.6) is 5.75 Å². The summed E-state index contributed by atoms with van der Waals surface area (Å²) < 4.78 is 6.03. The molecule has 1 atom stereocenters. The Kier molecular flexibility index (Phi) is 7.53. The van der Waals surface area contributed by atoms with Gasteiger partial charge in [-0.2, -0.15) is 0 Å². The molecule has 6 nitrogen and oxygen atoms in total. The van der Waals surface area contributed by atoms with Gasteiger partial charge in [0.2, 0.25) is 0 Å². The van der Waals surface area contributed by atoms with Crippen molar-refractivity contribution in [1.29, 1.82) is 0 Å². The van der Waals surface area contributed by atoms with Crippen LogP contribution in [0.3, 0.4) is 0 Å². The third-order valence-corrected chi connectivity index (χ3v) is 4.75. The lowest BCUT2D eigenvalue weighted by atomic mass is 10.0. The van der Waals surface area contributed by atoms with Gasteiger partial charge in [-0.15, -0.1) is 0 Å². The van der Waals surface area contributed by atoms with E-state index < -0.39 is 5.91 Å². The molecule has 1 aliphatic rings. The first kappa shape index (κ1) is 20.3. The average Bonchev–Trinajstić information content (AvgIpc) is 2.59. The molecule has 0 aromatic heterocycles. The van der Waals surface area contributed by atoms with Gasteiger partial charge in [0, 0.05) is 24.7 Å². The fourth-order valence-electron chi connectivity index (χ4n) is 2.94. The Morgan fingerprint density at radius 2 is 2.23 bits per heavy atom. The summed E-state index contributed by atoms with van der Waals surface area (Å²) in [6.07, 6.45) is 3.64. The van der Waals surface area contributed by atoms with E-state index in [1.807, 2.05) is 18.2 Å². The summed E-state index contributed by atoms with van der Waals surface area (Å²) in [5, 5.41) is 0. The number of anilines is 1. The maximum Gasteiger partial charge on any atom is 0.255 e. The van der Waals surface area contributed by atoms with Crippen molar-refractivity contribution in [2.45, 2.75) is 32.7 Å². The van der Waals surface area contributed by atoms with Gasteiger partial charge >= 0.3 is 0 Å². The van der Waals surface area contributed by atoms with Gasteiger partial charge in [-0.3, -0.25) is 9.59 Å². The van der Waals surface area contributed by atoms with Crippen LogP contribution in [-0.2, 0) is 9.59 Å². The highest BCUT2D eigenvalue weighted by Crippen LogP contribution is 2.36. The van der Waals surface area contributed by atoms with Crippen molar-refractivity contribution in [3.8, 4) is 5.75 Å². The molecule has 1 saturated heterocycles. The lowest BCUT2D eigenvalue weighted by Gasteiger charge is -2.35. The molecule has 0 saturated carbocycles. The Morgan fingerprint density at radius 3 is 2.85 bits per heavy atom. The molecular weight excluding hydrogens is 350 g/mol. The fraction of sp³-hybridized carbons (Fsp3) is 0.474. The number of ether oxygens (including phenoxy) is 1. The molecule has 1 aromatic carbocycles. The normalized spacial score (nSPS) is 18.1. The summed E-state index contributed by atoms with van der Waals surface area (Å²) in [4.78, 5) is 24.9. The Bertz CT molecular complexity index is 676. The van der Waals surface area contributed by atoms with Gasteiger partial charge in [-0.05, 0) is 42.7 Å². The van der Waals surface area contributed by atoms with Gasteiger partial charge in [0.05, 0.1) is 17.2 Å². The zero-order valence-electron chi connectivity index (χ0n) is 15.3. The van der Waals surface area contributed by atoms with Gasteiger partial charge in [0.1, 0.15) is 5.75 Å². The first-order valence-corrected chi connectivity index (χ1v) is 9.68. The van der Waals surface area contributed by atoms with Crippen molar-refractivity contribution in [2.24, 2.45) is 17.4 Å². The lowest BCUT2D eigenvalue weighted by Crippen LogP contribution is -2.43. The smallest absolute Gasteiger partial charge is 0.255 e. The van der Waals surface area contributed by atoms with Crippen LogP contribution in [0, 0.1) is 5.92 Å². The topological polar surface area (TPSA) is 98.6 Å². The van der Waals surface area contributed by atoms with E-state index in [1.54, 1.807) is 6.08 Å². The second-order valence-corrected chi connectivity index (χ2v) is 7.70. The van der Waals surface area contributed by atoms with Gasteiger partial charge in [-0.1, -0.05) is 26.0 Å². The summed E-state index contributed by atoms with van der Waals surface area (Å²) in [7, 11) is 0. The number of carbonyl (C=O) groups is 2. The Labute approximate surface area is 158 Å². The number of nitrogens with zero attached hydrogens (tertiary/aromatic N) is 1. The number of primary amides is 1. The van der Waals surface area contributed by atoms with Crippen LogP contribution in [0.4, 0.5) is 5.69 Å². The van der Waals surface area contributed by atoms with E-state index in [9.17, 15) is 9.59 Å².